The van der Waals surface area contributed by atoms with E-state index in [9.17, 15) is 9.59 Å². The van der Waals surface area contributed by atoms with Crippen molar-refractivity contribution in [3.63, 3.8) is 0 Å². The number of hydroxylamine groups is 1. The third-order valence-corrected chi connectivity index (χ3v) is 2.19. The molecule has 0 radical (unpaired) electrons. The van der Waals surface area contributed by atoms with E-state index in [1.54, 1.807) is 24.3 Å². The second-order valence-electron chi connectivity index (χ2n) is 3.59. The van der Waals surface area contributed by atoms with Gasteiger partial charge in [0.2, 0.25) is 6.79 Å². The van der Waals surface area contributed by atoms with Gasteiger partial charge in [-0.15, -0.1) is 0 Å². The van der Waals surface area contributed by atoms with Crippen LogP contribution in [0.2, 0.25) is 0 Å². The van der Waals surface area contributed by atoms with Crippen LogP contribution in [0.5, 0.6) is 11.5 Å². The van der Waals surface area contributed by atoms with Gasteiger partial charge >= 0.3 is 5.97 Å². The van der Waals surface area contributed by atoms with Crippen LogP contribution in [0, 0.1) is 0 Å². The highest BCUT2D eigenvalue weighted by atomic mass is 16.7. The van der Waals surface area contributed by atoms with Gasteiger partial charge in [-0.05, 0) is 23.8 Å². The normalized spacial score (nSPS) is 12.6. The van der Waals surface area contributed by atoms with Crippen molar-refractivity contribution in [3.8, 4) is 11.5 Å². The molecule has 0 aromatic heterocycles. The molecule has 1 heterocycles. The lowest BCUT2D eigenvalue weighted by atomic mass is 10.2. The van der Waals surface area contributed by atoms with E-state index in [4.69, 9.17) is 14.6 Å². The molecule has 2 N–H and O–H groups in total. The first-order valence-corrected chi connectivity index (χ1v) is 5.36. The largest absolute Gasteiger partial charge is 0.479 e. The SMILES string of the molecule is O=C(O)CONC(=O)/C=C/c1ccc2c(c1)OCO2. The van der Waals surface area contributed by atoms with Crippen molar-refractivity contribution in [1.82, 2.24) is 5.48 Å². The average molecular weight is 265 g/mol. The van der Waals surface area contributed by atoms with Gasteiger partial charge in [-0.1, -0.05) is 6.07 Å². The van der Waals surface area contributed by atoms with Crippen molar-refractivity contribution in [3.05, 3.63) is 29.8 Å². The first-order chi connectivity index (χ1) is 9.15. The van der Waals surface area contributed by atoms with E-state index in [0.717, 1.165) is 5.56 Å². The van der Waals surface area contributed by atoms with Gasteiger partial charge in [-0.2, -0.15) is 0 Å². The van der Waals surface area contributed by atoms with E-state index >= 15 is 0 Å². The molecule has 0 aliphatic carbocycles. The number of carboxylic acids is 1. The van der Waals surface area contributed by atoms with Crippen molar-refractivity contribution in [2.75, 3.05) is 13.4 Å². The molecule has 0 spiro atoms. The molecule has 0 atom stereocenters. The molecule has 1 aliphatic heterocycles. The van der Waals surface area contributed by atoms with Crippen LogP contribution >= 0.6 is 0 Å². The molecule has 1 aromatic carbocycles. The number of amides is 1. The summed E-state index contributed by atoms with van der Waals surface area (Å²) in [5.74, 6) is -0.449. The number of carbonyl (C=O) groups is 2. The molecule has 0 saturated heterocycles. The number of ether oxygens (including phenoxy) is 2. The lowest BCUT2D eigenvalue weighted by Crippen LogP contribution is -2.24. The highest BCUT2D eigenvalue weighted by Gasteiger charge is 2.12. The third kappa shape index (κ3) is 3.71. The van der Waals surface area contributed by atoms with Crippen LogP contribution in [0.4, 0.5) is 0 Å². The quantitative estimate of drug-likeness (QED) is 0.596. The molecule has 19 heavy (non-hydrogen) atoms. The van der Waals surface area contributed by atoms with Gasteiger partial charge in [0.1, 0.15) is 0 Å². The topological polar surface area (TPSA) is 94.1 Å². The fourth-order valence-corrected chi connectivity index (χ4v) is 1.39. The predicted octanol–water partition coefficient (Wildman–Crippen LogP) is 0.561. The van der Waals surface area contributed by atoms with Gasteiger partial charge in [0, 0.05) is 6.08 Å². The number of hydrogen-bond acceptors (Lipinski definition) is 5. The van der Waals surface area contributed by atoms with Crippen LogP contribution < -0.4 is 15.0 Å². The van der Waals surface area contributed by atoms with E-state index in [1.165, 1.54) is 6.08 Å². The lowest BCUT2D eigenvalue weighted by molar-refractivity contribution is -0.147. The maximum Gasteiger partial charge on any atom is 0.332 e. The number of carboxylic acid groups (broad SMARTS) is 1. The van der Waals surface area contributed by atoms with Crippen molar-refractivity contribution in [1.29, 1.82) is 0 Å². The first-order valence-electron chi connectivity index (χ1n) is 5.36. The highest BCUT2D eigenvalue weighted by molar-refractivity contribution is 5.91. The zero-order chi connectivity index (χ0) is 13.7. The number of nitrogens with one attached hydrogen (secondary N) is 1. The standard InChI is InChI=1S/C12H11NO6/c14-11(13-19-6-12(15)16)4-2-8-1-3-9-10(5-8)18-7-17-9/h1-5H,6-7H2,(H,13,14)(H,15,16)/b4-2+. The maximum atomic E-state index is 11.3. The van der Waals surface area contributed by atoms with Crippen LogP contribution in [0.1, 0.15) is 5.56 Å². The molecular formula is C12H11NO6. The summed E-state index contributed by atoms with van der Waals surface area (Å²) in [6.07, 6.45) is 2.76. The molecule has 0 unspecified atom stereocenters. The molecule has 0 bridgehead atoms. The van der Waals surface area contributed by atoms with E-state index in [2.05, 4.69) is 4.84 Å². The fraction of sp³-hybridized carbons (Fsp3) is 0.167. The monoisotopic (exact) mass is 265 g/mol. The predicted molar refractivity (Wildman–Crippen MR) is 63.3 cm³/mol. The number of benzene rings is 1. The van der Waals surface area contributed by atoms with Crippen LogP contribution in [0.15, 0.2) is 24.3 Å². The van der Waals surface area contributed by atoms with E-state index in [0.29, 0.717) is 11.5 Å². The number of hydrogen-bond donors (Lipinski definition) is 2. The number of fused-ring (bicyclic) bond motifs is 1. The Morgan fingerprint density at radius 2 is 2.16 bits per heavy atom. The van der Waals surface area contributed by atoms with Crippen molar-refractivity contribution in [2.24, 2.45) is 0 Å². The minimum Gasteiger partial charge on any atom is -0.479 e. The molecule has 0 saturated carbocycles. The Bertz CT molecular complexity index is 525. The Morgan fingerprint density at radius 1 is 1.37 bits per heavy atom. The van der Waals surface area contributed by atoms with Crippen LogP contribution in [0.3, 0.4) is 0 Å². The highest BCUT2D eigenvalue weighted by Crippen LogP contribution is 2.32. The van der Waals surface area contributed by atoms with Gasteiger partial charge < -0.3 is 14.6 Å². The zero-order valence-corrected chi connectivity index (χ0v) is 9.79. The van der Waals surface area contributed by atoms with Crippen LogP contribution in [-0.4, -0.2) is 30.4 Å². The Morgan fingerprint density at radius 3 is 2.95 bits per heavy atom. The summed E-state index contributed by atoms with van der Waals surface area (Å²) >= 11 is 0. The molecule has 100 valence electrons. The van der Waals surface area contributed by atoms with Gasteiger partial charge in [-0.25, -0.2) is 10.3 Å². The summed E-state index contributed by atoms with van der Waals surface area (Å²) in [6, 6.07) is 5.22. The van der Waals surface area contributed by atoms with Crippen LogP contribution in [-0.2, 0) is 14.4 Å². The second kappa shape index (κ2) is 5.87. The summed E-state index contributed by atoms with van der Waals surface area (Å²) in [7, 11) is 0. The van der Waals surface area contributed by atoms with Crippen LogP contribution in [0.25, 0.3) is 6.08 Å². The fourth-order valence-electron chi connectivity index (χ4n) is 1.39. The molecule has 7 heteroatoms. The molecule has 1 aliphatic rings. The molecular weight excluding hydrogens is 254 g/mol. The van der Waals surface area contributed by atoms with Gasteiger partial charge in [-0.3, -0.25) is 9.63 Å². The zero-order valence-electron chi connectivity index (χ0n) is 9.79. The van der Waals surface area contributed by atoms with Gasteiger partial charge in [0.25, 0.3) is 5.91 Å². The Balaban J connectivity index is 1.88. The number of aliphatic carboxylic acids is 1. The summed E-state index contributed by atoms with van der Waals surface area (Å²) in [4.78, 5) is 25.8. The second-order valence-corrected chi connectivity index (χ2v) is 3.59. The van der Waals surface area contributed by atoms with E-state index in [1.807, 2.05) is 5.48 Å². The van der Waals surface area contributed by atoms with E-state index < -0.39 is 18.5 Å². The maximum absolute atomic E-state index is 11.3. The minimum atomic E-state index is -1.17. The Hall–Kier alpha value is -2.54. The minimum absolute atomic E-state index is 0.187. The summed E-state index contributed by atoms with van der Waals surface area (Å²) < 4.78 is 10.3. The average Bonchev–Trinajstić information content (AvgIpc) is 2.83. The summed E-state index contributed by atoms with van der Waals surface area (Å²) in [5.41, 5.74) is 2.72. The molecule has 2 rings (SSSR count). The Labute approximate surface area is 108 Å². The first kappa shape index (κ1) is 12.9. The molecule has 1 amide bonds. The molecule has 0 fully saturated rings. The summed E-state index contributed by atoms with van der Waals surface area (Å²) in [5, 5.41) is 8.30. The molecule has 7 nitrogen and oxygen atoms in total. The smallest absolute Gasteiger partial charge is 0.332 e. The lowest BCUT2D eigenvalue weighted by Gasteiger charge is -2.00. The number of rotatable bonds is 5. The van der Waals surface area contributed by atoms with E-state index in [-0.39, 0.29) is 6.79 Å². The third-order valence-electron chi connectivity index (χ3n) is 2.19. The van der Waals surface area contributed by atoms with Gasteiger partial charge in [0.15, 0.2) is 18.1 Å². The molecule has 1 aromatic rings. The van der Waals surface area contributed by atoms with Gasteiger partial charge in [0.05, 0.1) is 0 Å². The van der Waals surface area contributed by atoms with Crippen molar-refractivity contribution < 1.29 is 29.0 Å². The van der Waals surface area contributed by atoms with Crippen molar-refractivity contribution >= 4 is 18.0 Å². The Kier molecular flexibility index (Phi) is 3.99. The van der Waals surface area contributed by atoms with Crippen molar-refractivity contribution in [2.45, 2.75) is 0 Å². The number of carbonyl (C=O) groups excluding carboxylic acids is 1. The summed E-state index contributed by atoms with van der Waals surface area (Å²) in [6.45, 7) is -0.407.